The van der Waals surface area contributed by atoms with Crippen molar-refractivity contribution in [1.29, 1.82) is 0 Å². The van der Waals surface area contributed by atoms with E-state index in [1.165, 1.54) is 0 Å². The molecular weight excluding hydrogens is 663 g/mol. The lowest BCUT2D eigenvalue weighted by Gasteiger charge is -2.15. The minimum Gasteiger partial charge on any atom is -0.480 e. The highest BCUT2D eigenvalue weighted by molar-refractivity contribution is 14.1. The summed E-state index contributed by atoms with van der Waals surface area (Å²) in [6, 6.07) is 11.7. The molecule has 0 aliphatic carbocycles. The van der Waals surface area contributed by atoms with Gasteiger partial charge in [-0.05, 0) is 85.8 Å². The molecule has 8 heteroatoms. The number of anilines is 1. The van der Waals surface area contributed by atoms with Crippen molar-refractivity contribution >= 4 is 85.3 Å². The predicted octanol–water partition coefficient (Wildman–Crippen LogP) is 4.54. The van der Waals surface area contributed by atoms with Crippen molar-refractivity contribution in [3.63, 3.8) is 0 Å². The van der Waals surface area contributed by atoms with Crippen LogP contribution in [0.4, 0.5) is 5.69 Å². The number of hydrogen-bond donors (Lipinski definition) is 2. The number of aryl methyl sites for hydroxylation is 1. The SMILES string of the molecule is O=C(O)COc1c(I)cc(I)c(NC(=O)CCc2ccccc2)c1I. The fourth-order valence-corrected chi connectivity index (χ4v) is 6.01. The molecule has 0 aliphatic rings. The fraction of sp³-hybridized carbons (Fsp3) is 0.176. The van der Waals surface area contributed by atoms with Gasteiger partial charge in [0.25, 0.3) is 0 Å². The highest BCUT2D eigenvalue weighted by Crippen LogP contribution is 2.37. The van der Waals surface area contributed by atoms with E-state index in [1.54, 1.807) is 0 Å². The maximum atomic E-state index is 12.3. The van der Waals surface area contributed by atoms with Crippen molar-refractivity contribution in [1.82, 2.24) is 0 Å². The van der Waals surface area contributed by atoms with Crippen molar-refractivity contribution in [2.75, 3.05) is 11.9 Å². The van der Waals surface area contributed by atoms with Crippen LogP contribution in [0.15, 0.2) is 36.4 Å². The molecule has 5 nitrogen and oxygen atoms in total. The lowest BCUT2D eigenvalue weighted by Crippen LogP contribution is -2.16. The van der Waals surface area contributed by atoms with Crippen LogP contribution in [0.3, 0.4) is 0 Å². The van der Waals surface area contributed by atoms with E-state index < -0.39 is 12.6 Å². The lowest BCUT2D eigenvalue weighted by atomic mass is 10.1. The summed E-state index contributed by atoms with van der Waals surface area (Å²) in [5, 5.41) is 11.7. The van der Waals surface area contributed by atoms with E-state index >= 15 is 0 Å². The number of ether oxygens (including phenoxy) is 1. The van der Waals surface area contributed by atoms with Gasteiger partial charge in [-0.2, -0.15) is 0 Å². The highest BCUT2D eigenvalue weighted by Gasteiger charge is 2.18. The van der Waals surface area contributed by atoms with Crippen LogP contribution in [0.5, 0.6) is 5.75 Å². The topological polar surface area (TPSA) is 75.6 Å². The Balaban J connectivity index is 2.11. The zero-order valence-corrected chi connectivity index (χ0v) is 19.4. The molecule has 0 radical (unpaired) electrons. The van der Waals surface area contributed by atoms with Gasteiger partial charge in [0.1, 0.15) is 5.75 Å². The number of aliphatic carboxylic acids is 1. The molecule has 0 unspecified atom stereocenters. The van der Waals surface area contributed by atoms with Crippen LogP contribution >= 0.6 is 67.8 Å². The minimum atomic E-state index is -1.04. The molecule has 0 atom stereocenters. The average Bonchev–Trinajstić information content (AvgIpc) is 2.57. The van der Waals surface area contributed by atoms with Gasteiger partial charge in [-0.3, -0.25) is 4.79 Å². The maximum absolute atomic E-state index is 12.3. The minimum absolute atomic E-state index is 0.0925. The number of carbonyl (C=O) groups excluding carboxylic acids is 1. The van der Waals surface area contributed by atoms with E-state index in [9.17, 15) is 9.59 Å². The second kappa shape index (κ2) is 9.90. The first-order valence-electron chi connectivity index (χ1n) is 7.24. The molecule has 0 spiro atoms. The van der Waals surface area contributed by atoms with E-state index in [1.807, 2.05) is 36.4 Å². The highest BCUT2D eigenvalue weighted by atomic mass is 127. The maximum Gasteiger partial charge on any atom is 0.341 e. The van der Waals surface area contributed by atoms with Crippen molar-refractivity contribution in [3.05, 3.63) is 52.7 Å². The molecule has 0 heterocycles. The Morgan fingerprint density at radius 2 is 1.76 bits per heavy atom. The van der Waals surface area contributed by atoms with Gasteiger partial charge in [0.15, 0.2) is 6.61 Å². The molecule has 0 saturated carbocycles. The Bertz CT molecular complexity index is 781. The van der Waals surface area contributed by atoms with Crippen molar-refractivity contribution in [2.45, 2.75) is 12.8 Å². The van der Waals surface area contributed by atoms with E-state index in [0.29, 0.717) is 27.8 Å². The number of benzene rings is 2. The molecular formula is C17H14I3NO4. The summed E-state index contributed by atoms with van der Waals surface area (Å²) in [6.45, 7) is -0.423. The number of carboxylic acid groups (broad SMARTS) is 1. The Kier molecular flexibility index (Phi) is 8.19. The molecule has 132 valence electrons. The second-order valence-electron chi connectivity index (χ2n) is 5.07. The zero-order chi connectivity index (χ0) is 18.4. The average molecular weight is 677 g/mol. The van der Waals surface area contributed by atoms with Gasteiger partial charge < -0.3 is 15.2 Å². The summed E-state index contributed by atoms with van der Waals surface area (Å²) in [5.41, 5.74) is 1.76. The van der Waals surface area contributed by atoms with Gasteiger partial charge >= 0.3 is 5.97 Å². The van der Waals surface area contributed by atoms with E-state index in [-0.39, 0.29) is 5.91 Å². The summed E-state index contributed by atoms with van der Waals surface area (Å²) >= 11 is 6.31. The van der Waals surface area contributed by atoms with Crippen LogP contribution in [0.25, 0.3) is 0 Å². The van der Waals surface area contributed by atoms with Crippen LogP contribution in [0.1, 0.15) is 12.0 Å². The van der Waals surface area contributed by atoms with Gasteiger partial charge in [-0.1, -0.05) is 30.3 Å². The van der Waals surface area contributed by atoms with Gasteiger partial charge in [0, 0.05) is 9.99 Å². The van der Waals surface area contributed by atoms with E-state index in [4.69, 9.17) is 9.84 Å². The summed E-state index contributed by atoms with van der Waals surface area (Å²) in [5.74, 6) is -0.661. The molecule has 2 rings (SSSR count). The molecule has 0 fully saturated rings. The Morgan fingerprint density at radius 1 is 1.08 bits per heavy atom. The molecule has 1 amide bonds. The quantitative estimate of drug-likeness (QED) is 0.423. The van der Waals surface area contributed by atoms with Crippen LogP contribution in [0.2, 0.25) is 0 Å². The van der Waals surface area contributed by atoms with E-state index in [0.717, 1.165) is 12.7 Å². The summed E-state index contributed by atoms with van der Waals surface area (Å²) < 4.78 is 7.74. The smallest absolute Gasteiger partial charge is 0.341 e. The van der Waals surface area contributed by atoms with Crippen LogP contribution < -0.4 is 10.1 Å². The molecule has 2 aromatic carbocycles. The summed E-state index contributed by atoms with van der Waals surface area (Å²) in [7, 11) is 0. The molecule has 0 aromatic heterocycles. The number of carboxylic acids is 1. The van der Waals surface area contributed by atoms with Crippen LogP contribution in [0, 0.1) is 10.7 Å². The standard InChI is InChI=1S/C17H14I3NO4/c18-11-8-12(19)17(25-9-14(23)24)15(20)16(11)21-13(22)7-6-10-4-2-1-3-5-10/h1-5,8H,6-7,9H2,(H,21,22)(H,23,24). The Hall–Kier alpha value is -0.630. The molecule has 0 saturated heterocycles. The number of carbonyl (C=O) groups is 2. The molecule has 0 bridgehead atoms. The summed E-state index contributed by atoms with van der Waals surface area (Å²) in [4.78, 5) is 23.0. The molecule has 0 aliphatic heterocycles. The van der Waals surface area contributed by atoms with E-state index in [2.05, 4.69) is 73.1 Å². The largest absolute Gasteiger partial charge is 0.480 e. The zero-order valence-electron chi connectivity index (χ0n) is 12.9. The number of hydrogen-bond acceptors (Lipinski definition) is 3. The second-order valence-corrected chi connectivity index (χ2v) is 8.48. The number of amides is 1. The normalized spacial score (nSPS) is 10.4. The van der Waals surface area contributed by atoms with Gasteiger partial charge in [-0.15, -0.1) is 0 Å². The Labute approximate surface area is 186 Å². The third-order valence-corrected chi connectivity index (χ3v) is 5.90. The van der Waals surface area contributed by atoms with Gasteiger partial charge in [0.2, 0.25) is 5.91 Å². The third kappa shape index (κ3) is 6.24. The first-order chi connectivity index (χ1) is 11.9. The first-order valence-corrected chi connectivity index (χ1v) is 10.5. The number of rotatable bonds is 7. The molecule has 2 aromatic rings. The van der Waals surface area contributed by atoms with Crippen LogP contribution in [-0.4, -0.2) is 23.6 Å². The number of nitrogens with one attached hydrogen (secondary N) is 1. The number of halogens is 3. The van der Waals surface area contributed by atoms with Crippen molar-refractivity contribution in [3.8, 4) is 5.75 Å². The third-order valence-electron chi connectivity index (χ3n) is 3.22. The first kappa shape index (κ1) is 20.7. The molecule has 25 heavy (non-hydrogen) atoms. The summed E-state index contributed by atoms with van der Waals surface area (Å²) in [6.07, 6.45) is 1.03. The van der Waals surface area contributed by atoms with Crippen molar-refractivity contribution < 1.29 is 19.4 Å². The monoisotopic (exact) mass is 677 g/mol. The predicted molar refractivity (Wildman–Crippen MR) is 121 cm³/mol. The fourth-order valence-electron chi connectivity index (χ4n) is 2.06. The molecule has 2 N–H and O–H groups in total. The van der Waals surface area contributed by atoms with Crippen LogP contribution in [-0.2, 0) is 16.0 Å². The van der Waals surface area contributed by atoms with Crippen molar-refractivity contribution in [2.24, 2.45) is 0 Å². The van der Waals surface area contributed by atoms with Gasteiger partial charge in [0.05, 0.1) is 12.8 Å². The Morgan fingerprint density at radius 3 is 2.40 bits per heavy atom. The van der Waals surface area contributed by atoms with Gasteiger partial charge in [-0.25, -0.2) is 4.79 Å². The lowest BCUT2D eigenvalue weighted by molar-refractivity contribution is -0.139.